The molecule has 3 heteroatoms. The van der Waals surface area contributed by atoms with E-state index in [4.69, 9.17) is 4.74 Å². The van der Waals surface area contributed by atoms with E-state index < -0.39 is 0 Å². The molecule has 1 aliphatic carbocycles. The van der Waals surface area contributed by atoms with E-state index in [1.807, 2.05) is 12.1 Å². The van der Waals surface area contributed by atoms with Gasteiger partial charge in [-0.05, 0) is 63.7 Å². The molecule has 124 valence electrons. The summed E-state index contributed by atoms with van der Waals surface area (Å²) in [7, 11) is 1.63. The molecule has 2 rings (SSSR count). The molecule has 0 aliphatic heterocycles. The molecule has 0 spiro atoms. The number of aromatic hydroxyl groups is 1. The number of rotatable bonds is 5. The van der Waals surface area contributed by atoms with Gasteiger partial charge in [0.05, 0.1) is 11.6 Å². The fourth-order valence-corrected chi connectivity index (χ4v) is 3.91. The summed E-state index contributed by atoms with van der Waals surface area (Å²) in [4.78, 5) is 0. The molecule has 1 aromatic carbocycles. The summed E-state index contributed by atoms with van der Waals surface area (Å²) in [6.07, 6.45) is 8.02. The van der Waals surface area contributed by atoms with Crippen molar-refractivity contribution in [1.82, 2.24) is 0 Å². The molecule has 1 aromatic rings. The van der Waals surface area contributed by atoms with Crippen LogP contribution in [0.3, 0.4) is 0 Å². The van der Waals surface area contributed by atoms with E-state index in [2.05, 4.69) is 55.1 Å². The van der Waals surface area contributed by atoms with Crippen LogP contribution < -0.4 is 4.74 Å². The summed E-state index contributed by atoms with van der Waals surface area (Å²) >= 11 is 3.41. The first-order valence-electron chi connectivity index (χ1n) is 7.84. The first-order valence-corrected chi connectivity index (χ1v) is 8.63. The van der Waals surface area contributed by atoms with Crippen molar-refractivity contribution in [2.24, 2.45) is 17.3 Å². The summed E-state index contributed by atoms with van der Waals surface area (Å²) in [5, 5.41) is 10.3. The summed E-state index contributed by atoms with van der Waals surface area (Å²) < 4.78 is 6.12. The normalized spacial score (nSPS) is 22.9. The Hall–Kier alpha value is -1.48. The topological polar surface area (TPSA) is 29.5 Å². The van der Waals surface area contributed by atoms with Crippen LogP contribution in [0.2, 0.25) is 0 Å². The van der Waals surface area contributed by atoms with E-state index >= 15 is 0 Å². The Morgan fingerprint density at radius 3 is 2.70 bits per heavy atom. The van der Waals surface area contributed by atoms with Crippen LogP contribution in [0.5, 0.6) is 11.5 Å². The number of phenolic OH excluding ortho intramolecular Hbond substituents is 1. The molecule has 23 heavy (non-hydrogen) atoms. The van der Waals surface area contributed by atoms with Crippen LogP contribution in [0, 0.1) is 17.3 Å². The van der Waals surface area contributed by atoms with Crippen molar-refractivity contribution in [1.29, 1.82) is 0 Å². The molecule has 2 atom stereocenters. The van der Waals surface area contributed by atoms with Crippen molar-refractivity contribution in [3.8, 4) is 11.5 Å². The molecule has 2 unspecified atom stereocenters. The SMILES string of the molecule is C=CCC1C=CC(=C)C(Cc2cc(OC)c(Br)cc2O)C1(C)C. The Morgan fingerprint density at radius 1 is 1.39 bits per heavy atom. The molecule has 0 amide bonds. The fourth-order valence-electron chi connectivity index (χ4n) is 3.42. The van der Waals surface area contributed by atoms with Gasteiger partial charge in [-0.3, -0.25) is 0 Å². The van der Waals surface area contributed by atoms with Gasteiger partial charge in [-0.1, -0.05) is 44.2 Å². The number of halogens is 1. The van der Waals surface area contributed by atoms with Crippen molar-refractivity contribution >= 4 is 15.9 Å². The number of ether oxygens (including phenoxy) is 1. The van der Waals surface area contributed by atoms with Gasteiger partial charge in [0, 0.05) is 0 Å². The van der Waals surface area contributed by atoms with Crippen molar-refractivity contribution < 1.29 is 9.84 Å². The van der Waals surface area contributed by atoms with Gasteiger partial charge < -0.3 is 9.84 Å². The average molecular weight is 377 g/mol. The molecule has 2 nitrogen and oxygen atoms in total. The predicted molar refractivity (Wildman–Crippen MR) is 99.9 cm³/mol. The van der Waals surface area contributed by atoms with Crippen molar-refractivity contribution in [2.75, 3.05) is 7.11 Å². The van der Waals surface area contributed by atoms with Crippen molar-refractivity contribution in [3.05, 3.63) is 59.1 Å². The fraction of sp³-hybridized carbons (Fsp3) is 0.400. The molecule has 0 radical (unpaired) electrons. The summed E-state index contributed by atoms with van der Waals surface area (Å²) in [5.41, 5.74) is 2.04. The highest BCUT2D eigenvalue weighted by molar-refractivity contribution is 9.10. The van der Waals surface area contributed by atoms with Crippen molar-refractivity contribution in [3.63, 3.8) is 0 Å². The predicted octanol–water partition coefficient (Wildman–Crippen LogP) is 5.67. The minimum Gasteiger partial charge on any atom is -0.508 e. The van der Waals surface area contributed by atoms with E-state index in [0.717, 1.165) is 34.2 Å². The quantitative estimate of drug-likeness (QED) is 0.671. The Morgan fingerprint density at radius 2 is 2.09 bits per heavy atom. The van der Waals surface area contributed by atoms with Gasteiger partial charge in [-0.15, -0.1) is 6.58 Å². The third kappa shape index (κ3) is 3.55. The molecule has 0 saturated heterocycles. The lowest BCUT2D eigenvalue weighted by molar-refractivity contribution is 0.165. The second-order valence-corrected chi connectivity index (χ2v) is 7.61. The van der Waals surface area contributed by atoms with Crippen LogP contribution in [-0.2, 0) is 6.42 Å². The Kier molecular flexibility index (Phi) is 5.41. The zero-order chi connectivity index (χ0) is 17.2. The summed E-state index contributed by atoms with van der Waals surface area (Å²) in [6, 6.07) is 3.60. The highest BCUT2D eigenvalue weighted by atomic mass is 79.9. The molecule has 0 bridgehead atoms. The van der Waals surface area contributed by atoms with E-state index in [1.54, 1.807) is 13.2 Å². The molecule has 0 fully saturated rings. The minimum absolute atomic E-state index is 0.0484. The van der Waals surface area contributed by atoms with E-state index in [0.29, 0.717) is 5.92 Å². The molecule has 0 saturated carbocycles. The molecular formula is C20H25BrO2. The van der Waals surface area contributed by atoms with Gasteiger partial charge in [-0.2, -0.15) is 0 Å². The Bertz CT molecular complexity index is 643. The first kappa shape index (κ1) is 17.9. The molecule has 0 aromatic heterocycles. The smallest absolute Gasteiger partial charge is 0.133 e. The lowest BCUT2D eigenvalue weighted by Crippen LogP contribution is -2.36. The van der Waals surface area contributed by atoms with Gasteiger partial charge in [0.1, 0.15) is 11.5 Å². The van der Waals surface area contributed by atoms with Gasteiger partial charge in [0.2, 0.25) is 0 Å². The third-order valence-corrected chi connectivity index (χ3v) is 5.66. The Labute approximate surface area is 147 Å². The molecular weight excluding hydrogens is 352 g/mol. The van der Waals surface area contributed by atoms with Crippen molar-refractivity contribution in [2.45, 2.75) is 26.7 Å². The highest BCUT2D eigenvalue weighted by Gasteiger charge is 2.39. The van der Waals surface area contributed by atoms with Gasteiger partial charge >= 0.3 is 0 Å². The second-order valence-electron chi connectivity index (χ2n) is 6.76. The van der Waals surface area contributed by atoms with Crippen LogP contribution in [0.4, 0.5) is 0 Å². The lowest BCUT2D eigenvalue weighted by Gasteiger charge is -2.43. The number of allylic oxidation sites excluding steroid dienone is 4. The molecule has 1 aliphatic rings. The zero-order valence-electron chi connectivity index (χ0n) is 14.1. The van der Waals surface area contributed by atoms with Crippen LogP contribution in [0.1, 0.15) is 25.8 Å². The maximum absolute atomic E-state index is 10.3. The lowest BCUT2D eigenvalue weighted by atomic mass is 9.61. The second kappa shape index (κ2) is 6.96. The number of methoxy groups -OCH3 is 1. The zero-order valence-corrected chi connectivity index (χ0v) is 15.7. The van der Waals surface area contributed by atoms with Crippen LogP contribution >= 0.6 is 15.9 Å². The van der Waals surface area contributed by atoms with Crippen LogP contribution in [-0.4, -0.2) is 12.2 Å². The number of hydrogen-bond acceptors (Lipinski definition) is 2. The van der Waals surface area contributed by atoms with Gasteiger partial charge in [-0.25, -0.2) is 0 Å². The van der Waals surface area contributed by atoms with E-state index in [1.165, 1.54) is 0 Å². The summed E-state index contributed by atoms with van der Waals surface area (Å²) in [6.45, 7) is 12.7. The van der Waals surface area contributed by atoms with Crippen LogP contribution in [0.15, 0.2) is 53.6 Å². The minimum atomic E-state index is 0.0484. The number of hydrogen-bond donors (Lipinski definition) is 1. The monoisotopic (exact) mass is 376 g/mol. The number of benzene rings is 1. The third-order valence-electron chi connectivity index (χ3n) is 5.04. The van der Waals surface area contributed by atoms with E-state index in [9.17, 15) is 5.11 Å². The van der Waals surface area contributed by atoms with Crippen LogP contribution in [0.25, 0.3) is 0 Å². The maximum Gasteiger partial charge on any atom is 0.133 e. The average Bonchev–Trinajstić information content (AvgIpc) is 2.48. The summed E-state index contributed by atoms with van der Waals surface area (Å²) in [5.74, 6) is 1.70. The Balaban J connectivity index is 2.36. The maximum atomic E-state index is 10.3. The largest absolute Gasteiger partial charge is 0.508 e. The van der Waals surface area contributed by atoms with E-state index in [-0.39, 0.29) is 17.1 Å². The first-order chi connectivity index (χ1) is 10.8. The number of phenols is 1. The highest BCUT2D eigenvalue weighted by Crippen LogP contribution is 2.48. The molecule has 0 heterocycles. The van der Waals surface area contributed by atoms with Gasteiger partial charge in [0.15, 0.2) is 0 Å². The van der Waals surface area contributed by atoms with Gasteiger partial charge in [0.25, 0.3) is 0 Å². The standard InChI is InChI=1S/C20H25BrO2/c1-6-7-15-9-8-13(2)16(20(15,3)4)10-14-11-19(23-5)17(21)12-18(14)22/h6,8-9,11-12,15-16,22H,1-2,7,10H2,3-5H3. The molecule has 1 N–H and O–H groups in total.